The van der Waals surface area contributed by atoms with Crippen molar-refractivity contribution in [1.29, 1.82) is 0 Å². The lowest BCUT2D eigenvalue weighted by molar-refractivity contribution is 0.236. The zero-order valence-electron chi connectivity index (χ0n) is 15.0. The van der Waals surface area contributed by atoms with Crippen molar-refractivity contribution in [2.24, 2.45) is 0 Å². The second kappa shape index (κ2) is 9.57. The molecule has 2 rings (SSSR count). The molecule has 0 bridgehead atoms. The van der Waals surface area contributed by atoms with Crippen LogP contribution in [0.2, 0.25) is 0 Å². The van der Waals surface area contributed by atoms with Crippen molar-refractivity contribution in [2.45, 2.75) is 26.3 Å². The van der Waals surface area contributed by atoms with Crippen molar-refractivity contribution in [3.63, 3.8) is 0 Å². The highest BCUT2D eigenvalue weighted by atomic mass is 16.5. The van der Waals surface area contributed by atoms with Crippen LogP contribution >= 0.6 is 0 Å². The molecule has 0 aliphatic heterocycles. The number of hydrogen-bond donors (Lipinski definition) is 2. The van der Waals surface area contributed by atoms with Crippen LogP contribution in [0.3, 0.4) is 0 Å². The molecule has 0 aromatic heterocycles. The Kier molecular flexibility index (Phi) is 7.14. The summed E-state index contributed by atoms with van der Waals surface area (Å²) >= 11 is 0. The van der Waals surface area contributed by atoms with E-state index in [-0.39, 0.29) is 12.1 Å². The Morgan fingerprint density at radius 2 is 1.84 bits per heavy atom. The number of para-hydroxylation sites is 1. The maximum Gasteiger partial charge on any atom is 0.315 e. The Morgan fingerprint density at radius 3 is 2.52 bits per heavy atom. The summed E-state index contributed by atoms with van der Waals surface area (Å²) in [6.07, 6.45) is 0.749. The van der Waals surface area contributed by atoms with E-state index in [0.717, 1.165) is 29.0 Å². The van der Waals surface area contributed by atoms with Gasteiger partial charge in [0.05, 0.1) is 19.8 Å². The molecule has 1 unspecified atom stereocenters. The summed E-state index contributed by atoms with van der Waals surface area (Å²) in [5.41, 5.74) is 2.14. The van der Waals surface area contributed by atoms with Crippen LogP contribution in [0.1, 0.15) is 30.5 Å². The van der Waals surface area contributed by atoms with Gasteiger partial charge in [0.15, 0.2) is 0 Å². The average Bonchev–Trinajstić information content (AvgIpc) is 2.63. The molecule has 1 atom stereocenters. The third-order valence-corrected chi connectivity index (χ3v) is 3.92. The second-order valence-corrected chi connectivity index (χ2v) is 5.86. The van der Waals surface area contributed by atoms with Crippen molar-refractivity contribution in [3.05, 3.63) is 59.7 Å². The van der Waals surface area contributed by atoms with Crippen LogP contribution < -0.4 is 20.1 Å². The van der Waals surface area contributed by atoms with Gasteiger partial charge in [0, 0.05) is 6.54 Å². The number of amides is 2. The molecule has 2 aromatic rings. The van der Waals surface area contributed by atoms with E-state index in [9.17, 15) is 4.79 Å². The molecule has 0 spiro atoms. The first-order chi connectivity index (χ1) is 12.1. The van der Waals surface area contributed by atoms with Gasteiger partial charge in [-0.1, -0.05) is 30.3 Å². The largest absolute Gasteiger partial charge is 0.497 e. The minimum absolute atomic E-state index is 0.0749. The zero-order valence-corrected chi connectivity index (χ0v) is 15.0. The van der Waals surface area contributed by atoms with E-state index in [0.29, 0.717) is 13.2 Å². The third kappa shape index (κ3) is 6.03. The molecule has 0 radical (unpaired) electrons. The minimum atomic E-state index is -0.181. The summed E-state index contributed by atoms with van der Waals surface area (Å²) in [5, 5.41) is 5.77. The highest BCUT2D eigenvalue weighted by molar-refractivity contribution is 5.74. The number of methoxy groups -OCH3 is 1. The summed E-state index contributed by atoms with van der Waals surface area (Å²) < 4.78 is 10.8. The molecule has 0 aliphatic carbocycles. The molecule has 0 saturated carbocycles. The SMILES string of the molecule is COc1ccc(C(C)NC(=O)NCCCOc2ccccc2C)cc1. The van der Waals surface area contributed by atoms with E-state index >= 15 is 0 Å². The molecule has 0 heterocycles. The lowest BCUT2D eigenvalue weighted by atomic mass is 10.1. The normalized spacial score (nSPS) is 11.5. The molecule has 0 saturated heterocycles. The van der Waals surface area contributed by atoms with E-state index in [2.05, 4.69) is 10.6 Å². The van der Waals surface area contributed by atoms with Crippen LogP contribution in [0.15, 0.2) is 48.5 Å². The molecule has 0 fully saturated rings. The van der Waals surface area contributed by atoms with Gasteiger partial charge in [-0.15, -0.1) is 0 Å². The maximum atomic E-state index is 11.9. The molecular formula is C20H26N2O3. The van der Waals surface area contributed by atoms with Gasteiger partial charge in [0.1, 0.15) is 11.5 Å². The minimum Gasteiger partial charge on any atom is -0.497 e. The van der Waals surface area contributed by atoms with Gasteiger partial charge >= 0.3 is 6.03 Å². The highest BCUT2D eigenvalue weighted by Gasteiger charge is 2.09. The van der Waals surface area contributed by atoms with E-state index in [1.165, 1.54) is 0 Å². The molecular weight excluding hydrogens is 316 g/mol. The monoisotopic (exact) mass is 342 g/mol. The smallest absolute Gasteiger partial charge is 0.315 e. The summed E-state index contributed by atoms with van der Waals surface area (Å²) in [5.74, 6) is 1.69. The van der Waals surface area contributed by atoms with Gasteiger partial charge in [0.2, 0.25) is 0 Å². The summed E-state index contributed by atoms with van der Waals surface area (Å²) in [6, 6.07) is 15.3. The fourth-order valence-electron chi connectivity index (χ4n) is 2.40. The molecule has 0 aliphatic rings. The van der Waals surface area contributed by atoms with Crippen molar-refractivity contribution in [1.82, 2.24) is 10.6 Å². The Labute approximate surface area is 149 Å². The standard InChI is InChI=1S/C20H26N2O3/c1-15-7-4-5-8-19(15)25-14-6-13-21-20(23)22-16(2)17-9-11-18(24-3)12-10-17/h4-5,7-12,16H,6,13-14H2,1-3H3,(H2,21,22,23). The molecule has 134 valence electrons. The first-order valence-electron chi connectivity index (χ1n) is 8.47. The third-order valence-electron chi connectivity index (χ3n) is 3.92. The Morgan fingerprint density at radius 1 is 1.12 bits per heavy atom. The molecule has 5 nitrogen and oxygen atoms in total. The van der Waals surface area contributed by atoms with Crippen LogP contribution in [-0.4, -0.2) is 26.3 Å². The number of nitrogens with one attached hydrogen (secondary N) is 2. The Hall–Kier alpha value is -2.69. The van der Waals surface area contributed by atoms with Crippen LogP contribution in [0.4, 0.5) is 4.79 Å². The molecule has 2 aromatic carbocycles. The summed E-state index contributed by atoms with van der Waals surface area (Å²) in [4.78, 5) is 11.9. The lowest BCUT2D eigenvalue weighted by Crippen LogP contribution is -2.37. The van der Waals surface area contributed by atoms with E-state index in [1.54, 1.807) is 7.11 Å². The van der Waals surface area contributed by atoms with Crippen LogP contribution in [0.25, 0.3) is 0 Å². The van der Waals surface area contributed by atoms with E-state index in [1.807, 2.05) is 62.4 Å². The van der Waals surface area contributed by atoms with Crippen molar-refractivity contribution in [2.75, 3.05) is 20.3 Å². The van der Waals surface area contributed by atoms with Gasteiger partial charge in [-0.05, 0) is 49.6 Å². The number of carbonyl (C=O) groups excluding carboxylic acids is 1. The van der Waals surface area contributed by atoms with Gasteiger partial charge in [-0.3, -0.25) is 0 Å². The number of hydrogen-bond acceptors (Lipinski definition) is 3. The van der Waals surface area contributed by atoms with Gasteiger partial charge < -0.3 is 20.1 Å². The zero-order chi connectivity index (χ0) is 18.1. The first-order valence-corrected chi connectivity index (χ1v) is 8.47. The number of carbonyl (C=O) groups is 1. The van der Waals surface area contributed by atoms with Crippen LogP contribution in [0, 0.1) is 6.92 Å². The van der Waals surface area contributed by atoms with E-state index < -0.39 is 0 Å². The number of rotatable bonds is 8. The molecule has 2 N–H and O–H groups in total. The predicted octanol–water partition coefficient (Wildman–Crippen LogP) is 3.83. The maximum absolute atomic E-state index is 11.9. The number of benzene rings is 2. The lowest BCUT2D eigenvalue weighted by Gasteiger charge is -2.15. The second-order valence-electron chi connectivity index (χ2n) is 5.86. The fourth-order valence-corrected chi connectivity index (χ4v) is 2.40. The Bertz CT molecular complexity index is 671. The van der Waals surface area contributed by atoms with E-state index in [4.69, 9.17) is 9.47 Å². The predicted molar refractivity (Wildman–Crippen MR) is 99.2 cm³/mol. The van der Waals surface area contributed by atoms with Gasteiger partial charge in [0.25, 0.3) is 0 Å². The average molecular weight is 342 g/mol. The molecule has 25 heavy (non-hydrogen) atoms. The van der Waals surface area contributed by atoms with Crippen molar-refractivity contribution < 1.29 is 14.3 Å². The molecule has 2 amide bonds. The number of urea groups is 1. The van der Waals surface area contributed by atoms with Gasteiger partial charge in [-0.25, -0.2) is 4.79 Å². The first kappa shape index (κ1) is 18.6. The van der Waals surface area contributed by atoms with Crippen LogP contribution in [0.5, 0.6) is 11.5 Å². The topological polar surface area (TPSA) is 59.6 Å². The van der Waals surface area contributed by atoms with Crippen molar-refractivity contribution >= 4 is 6.03 Å². The summed E-state index contributed by atoms with van der Waals surface area (Å²) in [7, 11) is 1.63. The number of aryl methyl sites for hydroxylation is 1. The highest BCUT2D eigenvalue weighted by Crippen LogP contribution is 2.17. The fraction of sp³-hybridized carbons (Fsp3) is 0.350. The number of ether oxygens (including phenoxy) is 2. The van der Waals surface area contributed by atoms with Crippen LogP contribution in [-0.2, 0) is 0 Å². The Balaban J connectivity index is 1.65. The van der Waals surface area contributed by atoms with Crippen molar-refractivity contribution in [3.8, 4) is 11.5 Å². The quantitative estimate of drug-likeness (QED) is 0.717. The van der Waals surface area contributed by atoms with Gasteiger partial charge in [-0.2, -0.15) is 0 Å². The summed E-state index contributed by atoms with van der Waals surface area (Å²) in [6.45, 7) is 5.09. The molecule has 5 heteroatoms.